The average molecular weight is 282 g/mol. The van der Waals surface area contributed by atoms with E-state index in [4.69, 9.17) is 0 Å². The van der Waals surface area contributed by atoms with E-state index in [-0.39, 0.29) is 0 Å². The highest BCUT2D eigenvalue weighted by molar-refractivity contribution is 9.10. The molecule has 1 unspecified atom stereocenters. The average Bonchev–Trinajstić information content (AvgIpc) is 2.26. The number of halogens is 1. The van der Waals surface area contributed by atoms with E-state index in [1.54, 1.807) is 0 Å². The van der Waals surface area contributed by atoms with E-state index in [2.05, 4.69) is 65.9 Å². The summed E-state index contributed by atoms with van der Waals surface area (Å²) in [7, 11) is 0. The summed E-state index contributed by atoms with van der Waals surface area (Å²) in [4.78, 5) is 0. The van der Waals surface area contributed by atoms with Gasteiger partial charge >= 0.3 is 0 Å². The van der Waals surface area contributed by atoms with Crippen molar-refractivity contribution in [1.29, 1.82) is 0 Å². The monoisotopic (exact) mass is 281 g/mol. The van der Waals surface area contributed by atoms with Crippen LogP contribution < -0.4 is 5.32 Å². The Morgan fingerprint density at radius 1 is 1.44 bits per heavy atom. The van der Waals surface area contributed by atoms with Crippen molar-refractivity contribution in [1.82, 2.24) is 5.32 Å². The lowest BCUT2D eigenvalue weighted by Crippen LogP contribution is -2.28. The maximum absolute atomic E-state index is 3.75. The first-order valence-corrected chi connectivity index (χ1v) is 6.55. The molecule has 16 heavy (non-hydrogen) atoms. The van der Waals surface area contributed by atoms with E-state index < -0.39 is 0 Å². The number of nitrogens with one attached hydrogen (secondary N) is 1. The molecule has 0 amide bonds. The van der Waals surface area contributed by atoms with Gasteiger partial charge in [0, 0.05) is 16.6 Å². The molecule has 1 rings (SSSR count). The molecule has 0 radical (unpaired) electrons. The standard InChI is InChI=1S/C14H20BrN/c1-4-5-7-11(2)16-12(3)13-8-6-9-14(15)10-13/h4,6,8-12,16H,1,5,7H2,2-3H3/t11?,12-/m1/s1. The van der Waals surface area contributed by atoms with Crippen molar-refractivity contribution in [2.45, 2.75) is 38.8 Å². The number of rotatable bonds is 6. The van der Waals surface area contributed by atoms with Crippen molar-refractivity contribution in [3.05, 3.63) is 47.0 Å². The predicted octanol–water partition coefficient (Wildman–Crippen LogP) is 4.45. The molecule has 0 aliphatic carbocycles. The summed E-state index contributed by atoms with van der Waals surface area (Å²) in [6.45, 7) is 8.17. The Labute approximate surface area is 107 Å². The molecule has 88 valence electrons. The third kappa shape index (κ3) is 4.50. The zero-order valence-corrected chi connectivity index (χ0v) is 11.6. The molecule has 0 aliphatic heterocycles. The molecule has 1 aromatic rings. The summed E-state index contributed by atoms with van der Waals surface area (Å²) < 4.78 is 1.14. The van der Waals surface area contributed by atoms with Crippen LogP contribution in [0.3, 0.4) is 0 Å². The SMILES string of the molecule is C=CCCC(C)N[C@H](C)c1cccc(Br)c1. The number of benzene rings is 1. The molecule has 0 heterocycles. The van der Waals surface area contributed by atoms with Gasteiger partial charge < -0.3 is 5.32 Å². The van der Waals surface area contributed by atoms with Gasteiger partial charge in [-0.3, -0.25) is 0 Å². The second-order valence-corrected chi connectivity index (χ2v) is 5.13. The molecule has 2 heteroatoms. The molecular weight excluding hydrogens is 262 g/mol. The van der Waals surface area contributed by atoms with E-state index >= 15 is 0 Å². The molecule has 1 N–H and O–H groups in total. The Morgan fingerprint density at radius 2 is 2.19 bits per heavy atom. The summed E-state index contributed by atoms with van der Waals surface area (Å²) >= 11 is 3.50. The Morgan fingerprint density at radius 3 is 2.81 bits per heavy atom. The van der Waals surface area contributed by atoms with Crippen LogP contribution >= 0.6 is 15.9 Å². The van der Waals surface area contributed by atoms with Gasteiger partial charge in [-0.2, -0.15) is 0 Å². The van der Waals surface area contributed by atoms with Crippen molar-refractivity contribution in [3.8, 4) is 0 Å². The van der Waals surface area contributed by atoms with Gasteiger partial charge in [-0.25, -0.2) is 0 Å². The quantitative estimate of drug-likeness (QED) is 0.760. The molecule has 1 nitrogen and oxygen atoms in total. The van der Waals surface area contributed by atoms with E-state index in [1.165, 1.54) is 5.56 Å². The van der Waals surface area contributed by atoms with Gasteiger partial charge in [-0.1, -0.05) is 34.1 Å². The van der Waals surface area contributed by atoms with Gasteiger partial charge in [0.15, 0.2) is 0 Å². The Kier molecular flexibility index (Phi) is 5.78. The summed E-state index contributed by atoms with van der Waals surface area (Å²) in [6.07, 6.45) is 4.18. The largest absolute Gasteiger partial charge is 0.308 e. The minimum absolute atomic E-state index is 0.386. The highest BCUT2D eigenvalue weighted by atomic mass is 79.9. The van der Waals surface area contributed by atoms with E-state index in [0.717, 1.165) is 17.3 Å². The lowest BCUT2D eigenvalue weighted by molar-refractivity contribution is 0.459. The smallest absolute Gasteiger partial charge is 0.0294 e. The van der Waals surface area contributed by atoms with Gasteiger partial charge in [0.2, 0.25) is 0 Å². The molecule has 1 aromatic carbocycles. The van der Waals surface area contributed by atoms with E-state index in [1.807, 2.05) is 6.08 Å². The zero-order valence-electron chi connectivity index (χ0n) is 10.0. The fourth-order valence-corrected chi connectivity index (χ4v) is 2.17. The van der Waals surface area contributed by atoms with Crippen LogP contribution in [-0.2, 0) is 0 Å². The van der Waals surface area contributed by atoms with Crippen LogP contribution in [0.1, 0.15) is 38.3 Å². The number of allylic oxidation sites excluding steroid dienone is 1. The molecule has 2 atom stereocenters. The van der Waals surface area contributed by atoms with Gasteiger partial charge in [-0.05, 0) is 44.4 Å². The Balaban J connectivity index is 2.51. The van der Waals surface area contributed by atoms with E-state index in [0.29, 0.717) is 12.1 Å². The molecular formula is C14H20BrN. The summed E-state index contributed by atoms with van der Waals surface area (Å²) in [5.41, 5.74) is 1.32. The van der Waals surface area contributed by atoms with Gasteiger partial charge in [-0.15, -0.1) is 6.58 Å². The first kappa shape index (κ1) is 13.5. The van der Waals surface area contributed by atoms with Crippen molar-refractivity contribution in [2.24, 2.45) is 0 Å². The van der Waals surface area contributed by atoms with Gasteiger partial charge in [0.05, 0.1) is 0 Å². The van der Waals surface area contributed by atoms with Crippen LogP contribution in [0.5, 0.6) is 0 Å². The zero-order chi connectivity index (χ0) is 12.0. The number of hydrogen-bond acceptors (Lipinski definition) is 1. The number of hydrogen-bond donors (Lipinski definition) is 1. The topological polar surface area (TPSA) is 12.0 Å². The first-order valence-electron chi connectivity index (χ1n) is 5.76. The molecule has 0 bridgehead atoms. The minimum atomic E-state index is 0.386. The van der Waals surface area contributed by atoms with Crippen molar-refractivity contribution in [3.63, 3.8) is 0 Å². The summed E-state index contributed by atoms with van der Waals surface area (Å²) in [5.74, 6) is 0. The fraction of sp³-hybridized carbons (Fsp3) is 0.429. The molecule has 0 aliphatic rings. The second-order valence-electron chi connectivity index (χ2n) is 4.21. The van der Waals surface area contributed by atoms with Crippen LogP contribution in [0.25, 0.3) is 0 Å². The lowest BCUT2D eigenvalue weighted by Gasteiger charge is -2.20. The van der Waals surface area contributed by atoms with Crippen LogP contribution in [0, 0.1) is 0 Å². The van der Waals surface area contributed by atoms with Gasteiger partial charge in [0.1, 0.15) is 0 Å². The van der Waals surface area contributed by atoms with Crippen LogP contribution in [0.15, 0.2) is 41.4 Å². The molecule has 0 saturated heterocycles. The second kappa shape index (κ2) is 6.87. The fourth-order valence-electron chi connectivity index (χ4n) is 1.75. The predicted molar refractivity (Wildman–Crippen MR) is 74.6 cm³/mol. The van der Waals surface area contributed by atoms with Gasteiger partial charge in [0.25, 0.3) is 0 Å². The van der Waals surface area contributed by atoms with Crippen molar-refractivity contribution < 1.29 is 0 Å². The molecule has 0 saturated carbocycles. The maximum Gasteiger partial charge on any atom is 0.0294 e. The van der Waals surface area contributed by atoms with Crippen LogP contribution in [-0.4, -0.2) is 6.04 Å². The lowest BCUT2D eigenvalue weighted by atomic mass is 10.1. The normalized spacial score (nSPS) is 14.4. The first-order chi connectivity index (χ1) is 7.63. The Bertz CT molecular complexity index is 335. The third-order valence-corrected chi connectivity index (χ3v) is 3.18. The van der Waals surface area contributed by atoms with Crippen LogP contribution in [0.2, 0.25) is 0 Å². The summed E-state index contributed by atoms with van der Waals surface area (Å²) in [5, 5.41) is 3.59. The summed E-state index contributed by atoms with van der Waals surface area (Å²) in [6, 6.07) is 9.36. The van der Waals surface area contributed by atoms with E-state index in [9.17, 15) is 0 Å². The molecule has 0 fully saturated rings. The highest BCUT2D eigenvalue weighted by Crippen LogP contribution is 2.18. The third-order valence-electron chi connectivity index (χ3n) is 2.69. The molecule has 0 spiro atoms. The molecule has 0 aromatic heterocycles. The minimum Gasteiger partial charge on any atom is -0.308 e. The highest BCUT2D eigenvalue weighted by Gasteiger charge is 2.08. The maximum atomic E-state index is 3.75. The Hall–Kier alpha value is -0.600. The van der Waals surface area contributed by atoms with Crippen molar-refractivity contribution >= 4 is 15.9 Å². The van der Waals surface area contributed by atoms with Crippen molar-refractivity contribution in [2.75, 3.05) is 0 Å². The van der Waals surface area contributed by atoms with Crippen LogP contribution in [0.4, 0.5) is 0 Å².